The van der Waals surface area contributed by atoms with Gasteiger partial charge < -0.3 is 14.6 Å². The van der Waals surface area contributed by atoms with Crippen LogP contribution in [-0.4, -0.2) is 46.2 Å². The second kappa shape index (κ2) is 7.16. The molecule has 1 aliphatic carbocycles. The molecule has 2 unspecified atom stereocenters. The second-order valence-corrected chi connectivity index (χ2v) is 10.2. The summed E-state index contributed by atoms with van der Waals surface area (Å²) in [5.41, 5.74) is -0.0918. The molecular weight excluding hydrogens is 330 g/mol. The minimum atomic E-state index is -0.794. The van der Waals surface area contributed by atoms with Gasteiger partial charge >= 0.3 is 6.09 Å². The molecule has 2 aliphatic rings. The zero-order valence-electron chi connectivity index (χ0n) is 17.8. The van der Waals surface area contributed by atoms with Crippen LogP contribution in [0.2, 0.25) is 0 Å². The molecule has 0 bridgehead atoms. The topological polar surface area (TPSA) is 59.0 Å². The Balaban J connectivity index is 2.15. The lowest BCUT2D eigenvalue weighted by atomic mass is 9.72. The van der Waals surface area contributed by atoms with Gasteiger partial charge in [0.15, 0.2) is 0 Å². The Kier molecular flexibility index (Phi) is 5.84. The number of ether oxygens (including phenoxy) is 2. The third-order valence-corrected chi connectivity index (χ3v) is 5.52. The van der Waals surface area contributed by atoms with Crippen LogP contribution < -0.4 is 0 Å². The largest absolute Gasteiger partial charge is 0.444 e. The summed E-state index contributed by atoms with van der Waals surface area (Å²) in [6, 6.07) is -0.419. The van der Waals surface area contributed by atoms with Crippen LogP contribution in [0, 0.1) is 11.3 Å². The highest BCUT2D eigenvalue weighted by Gasteiger charge is 2.49. The number of aliphatic hydroxyl groups is 1. The average molecular weight is 368 g/mol. The van der Waals surface area contributed by atoms with Gasteiger partial charge in [0.05, 0.1) is 18.8 Å². The Hall–Kier alpha value is -1.07. The van der Waals surface area contributed by atoms with E-state index in [4.69, 9.17) is 9.47 Å². The van der Waals surface area contributed by atoms with E-state index in [0.29, 0.717) is 12.5 Å². The van der Waals surface area contributed by atoms with Gasteiger partial charge in [-0.3, -0.25) is 4.90 Å². The quantitative estimate of drug-likeness (QED) is 0.731. The Morgan fingerprint density at radius 3 is 2.38 bits per heavy atom. The van der Waals surface area contributed by atoms with E-state index in [1.165, 1.54) is 0 Å². The van der Waals surface area contributed by atoms with E-state index in [0.717, 1.165) is 24.8 Å². The number of carbonyl (C=O) groups is 1. The molecule has 150 valence electrons. The van der Waals surface area contributed by atoms with Crippen molar-refractivity contribution in [3.8, 4) is 0 Å². The van der Waals surface area contributed by atoms with Crippen LogP contribution in [0.1, 0.15) is 74.7 Å². The molecule has 1 saturated heterocycles. The maximum Gasteiger partial charge on any atom is 0.413 e. The molecule has 5 nitrogen and oxygen atoms in total. The highest BCUT2D eigenvalue weighted by molar-refractivity contribution is 5.70. The molecule has 1 heterocycles. The maximum atomic E-state index is 12.8. The summed E-state index contributed by atoms with van der Waals surface area (Å²) in [5.74, 6) is 0.622. The number of allylic oxidation sites excluding steroid dienone is 1. The monoisotopic (exact) mass is 367 g/mol. The van der Waals surface area contributed by atoms with Crippen LogP contribution in [0.3, 0.4) is 0 Å². The number of aliphatic hydroxyl groups excluding tert-OH is 1. The Morgan fingerprint density at radius 1 is 1.31 bits per heavy atom. The molecule has 0 radical (unpaired) electrons. The summed E-state index contributed by atoms with van der Waals surface area (Å²) in [6.45, 7) is 16.3. The standard InChI is InChI=1S/C21H37NO4/c1-19(2,3)15-11-9-14(10-12-15)17(23)16-13-25-21(7,8)22(16)18(24)26-20(4,5)6/h9,15-17,23H,10-13H2,1-8H3/t15?,16?,17-/m1/s1. The van der Waals surface area contributed by atoms with Crippen molar-refractivity contribution < 1.29 is 19.4 Å². The van der Waals surface area contributed by atoms with Gasteiger partial charge in [-0.15, -0.1) is 0 Å². The van der Waals surface area contributed by atoms with E-state index >= 15 is 0 Å². The lowest BCUT2D eigenvalue weighted by Gasteiger charge is -2.38. The number of hydrogen-bond donors (Lipinski definition) is 1. The number of rotatable bonds is 2. The lowest BCUT2D eigenvalue weighted by Crippen LogP contribution is -2.53. The Morgan fingerprint density at radius 2 is 1.92 bits per heavy atom. The maximum absolute atomic E-state index is 12.8. The van der Waals surface area contributed by atoms with E-state index in [-0.39, 0.29) is 5.41 Å². The van der Waals surface area contributed by atoms with Crippen LogP contribution in [0.4, 0.5) is 4.79 Å². The lowest BCUT2D eigenvalue weighted by molar-refractivity contribution is -0.0665. The van der Waals surface area contributed by atoms with Crippen molar-refractivity contribution in [2.45, 2.75) is 98.1 Å². The number of amides is 1. The van der Waals surface area contributed by atoms with Crippen molar-refractivity contribution >= 4 is 6.09 Å². The highest BCUT2D eigenvalue weighted by atomic mass is 16.6. The summed E-state index contributed by atoms with van der Waals surface area (Å²) in [6.07, 6.45) is 3.92. The van der Waals surface area contributed by atoms with Gasteiger partial charge in [0.2, 0.25) is 0 Å². The van der Waals surface area contributed by atoms with Crippen molar-refractivity contribution in [2.24, 2.45) is 11.3 Å². The SMILES string of the molecule is CC(C)(C)OC(=O)N1C([C@H](O)C2=CCC(C(C)(C)C)CC2)COC1(C)C. The van der Waals surface area contributed by atoms with E-state index in [9.17, 15) is 9.90 Å². The zero-order valence-corrected chi connectivity index (χ0v) is 17.8. The van der Waals surface area contributed by atoms with Crippen LogP contribution in [-0.2, 0) is 9.47 Å². The summed E-state index contributed by atoms with van der Waals surface area (Å²) >= 11 is 0. The van der Waals surface area contributed by atoms with Crippen molar-refractivity contribution in [1.29, 1.82) is 0 Å². The van der Waals surface area contributed by atoms with Gasteiger partial charge in [0.25, 0.3) is 0 Å². The number of hydrogen-bond acceptors (Lipinski definition) is 4. The molecule has 5 heteroatoms. The van der Waals surface area contributed by atoms with E-state index in [1.54, 1.807) is 4.90 Å². The predicted octanol–water partition coefficient (Wildman–Crippen LogP) is 4.49. The fourth-order valence-electron chi connectivity index (χ4n) is 3.89. The molecule has 0 spiro atoms. The van der Waals surface area contributed by atoms with Crippen LogP contribution in [0.15, 0.2) is 11.6 Å². The van der Waals surface area contributed by atoms with Crippen molar-refractivity contribution in [1.82, 2.24) is 4.90 Å². The molecule has 0 aromatic rings. The Bertz CT molecular complexity index is 553. The first-order valence-electron chi connectivity index (χ1n) is 9.75. The van der Waals surface area contributed by atoms with Crippen molar-refractivity contribution in [3.05, 3.63) is 11.6 Å². The third kappa shape index (κ3) is 4.80. The first-order valence-corrected chi connectivity index (χ1v) is 9.75. The fourth-order valence-corrected chi connectivity index (χ4v) is 3.89. The zero-order chi connectivity index (χ0) is 19.9. The predicted molar refractivity (Wildman–Crippen MR) is 103 cm³/mol. The summed E-state index contributed by atoms with van der Waals surface area (Å²) in [7, 11) is 0. The molecule has 1 amide bonds. The van der Waals surface area contributed by atoms with Gasteiger partial charge in [0, 0.05) is 0 Å². The second-order valence-electron chi connectivity index (χ2n) is 10.2. The average Bonchev–Trinajstić information content (AvgIpc) is 2.79. The summed E-state index contributed by atoms with van der Waals surface area (Å²) < 4.78 is 11.4. The van der Waals surface area contributed by atoms with E-state index in [1.807, 2.05) is 34.6 Å². The molecule has 2 rings (SSSR count). The normalized spacial score (nSPS) is 27.9. The Labute approximate surface area is 158 Å². The number of nitrogens with zero attached hydrogens (tertiary/aromatic N) is 1. The first kappa shape index (κ1) is 21.2. The summed E-state index contributed by atoms with van der Waals surface area (Å²) in [5, 5.41) is 11.0. The molecule has 0 saturated carbocycles. The number of carbonyl (C=O) groups excluding carboxylic acids is 1. The molecule has 0 aromatic carbocycles. The van der Waals surface area contributed by atoms with Crippen LogP contribution in [0.25, 0.3) is 0 Å². The molecular formula is C21H37NO4. The van der Waals surface area contributed by atoms with E-state index < -0.39 is 29.6 Å². The molecule has 1 aliphatic heterocycles. The van der Waals surface area contributed by atoms with Crippen molar-refractivity contribution in [3.63, 3.8) is 0 Å². The first-order chi connectivity index (χ1) is 11.7. The van der Waals surface area contributed by atoms with Gasteiger partial charge in [-0.05, 0) is 70.8 Å². The van der Waals surface area contributed by atoms with Gasteiger partial charge in [-0.25, -0.2) is 4.79 Å². The van der Waals surface area contributed by atoms with Crippen molar-refractivity contribution in [2.75, 3.05) is 6.61 Å². The van der Waals surface area contributed by atoms with Gasteiger partial charge in [-0.1, -0.05) is 26.8 Å². The molecule has 1 fully saturated rings. The van der Waals surface area contributed by atoms with Crippen LogP contribution in [0.5, 0.6) is 0 Å². The van der Waals surface area contributed by atoms with E-state index in [2.05, 4.69) is 26.8 Å². The smallest absolute Gasteiger partial charge is 0.413 e. The minimum Gasteiger partial charge on any atom is -0.444 e. The molecule has 3 atom stereocenters. The molecule has 26 heavy (non-hydrogen) atoms. The van der Waals surface area contributed by atoms with Gasteiger partial charge in [-0.2, -0.15) is 0 Å². The van der Waals surface area contributed by atoms with Gasteiger partial charge in [0.1, 0.15) is 11.3 Å². The third-order valence-electron chi connectivity index (χ3n) is 5.52. The fraction of sp³-hybridized carbons (Fsp3) is 0.857. The van der Waals surface area contributed by atoms with Crippen LogP contribution >= 0.6 is 0 Å². The minimum absolute atomic E-state index is 0.272. The molecule has 0 aromatic heterocycles. The highest BCUT2D eigenvalue weighted by Crippen LogP contribution is 2.40. The summed E-state index contributed by atoms with van der Waals surface area (Å²) in [4.78, 5) is 14.3. The molecule has 1 N–H and O–H groups in total.